The highest BCUT2D eigenvalue weighted by molar-refractivity contribution is 7.26. The Bertz CT molecular complexity index is 3710. The Morgan fingerprint density at radius 3 is 2.20 bits per heavy atom. The maximum atomic E-state index is 6.56. The molecule has 1 aliphatic carbocycles. The minimum Gasteiger partial charge on any atom is -0.455 e. The summed E-state index contributed by atoms with van der Waals surface area (Å²) in [5.41, 5.74) is 14.6. The SMILES string of the molecule is C=C/C=C(\c1ccccc1)c1cccc(-c2ccc(N(C3=CCC(c4cccc5c4sc4ccccc45)C=C3)c3ccccc3-c3ccc4oc5c6ccccc6ccc5c4c3)cc2)c1. The van der Waals surface area contributed by atoms with Gasteiger partial charge < -0.3 is 9.32 Å². The first-order valence-electron chi connectivity index (χ1n) is 22.3. The Hall–Kier alpha value is -7.98. The monoisotopic (exact) mass is 849 g/mol. The lowest BCUT2D eigenvalue weighted by Gasteiger charge is -2.31. The predicted molar refractivity (Wildman–Crippen MR) is 278 cm³/mol. The van der Waals surface area contributed by atoms with Crippen LogP contribution in [0.15, 0.2) is 247 Å². The topological polar surface area (TPSA) is 16.4 Å². The molecule has 0 fully saturated rings. The van der Waals surface area contributed by atoms with Crippen LogP contribution >= 0.6 is 11.3 Å². The third-order valence-corrected chi connectivity index (χ3v) is 14.2. The van der Waals surface area contributed by atoms with Gasteiger partial charge in [0, 0.05) is 59.2 Å². The summed E-state index contributed by atoms with van der Waals surface area (Å²) >= 11 is 1.91. The van der Waals surface area contributed by atoms with Crippen molar-refractivity contribution in [1.82, 2.24) is 0 Å². The molecule has 0 N–H and O–H groups in total. The summed E-state index contributed by atoms with van der Waals surface area (Å²) in [6.45, 7) is 4.03. The first-order chi connectivity index (χ1) is 32.2. The normalized spacial score (nSPS) is 14.1. The smallest absolute Gasteiger partial charge is 0.143 e. The maximum Gasteiger partial charge on any atom is 0.143 e. The molecule has 65 heavy (non-hydrogen) atoms. The average molecular weight is 850 g/mol. The molecule has 0 saturated heterocycles. The lowest BCUT2D eigenvalue weighted by atomic mass is 9.90. The van der Waals surface area contributed by atoms with Gasteiger partial charge in [0.2, 0.25) is 0 Å². The Balaban J connectivity index is 0.953. The molecule has 9 aromatic carbocycles. The second kappa shape index (κ2) is 16.3. The average Bonchev–Trinajstić information content (AvgIpc) is 3.95. The maximum absolute atomic E-state index is 6.56. The van der Waals surface area contributed by atoms with E-state index in [1.54, 1.807) is 0 Å². The van der Waals surface area contributed by atoms with Crippen molar-refractivity contribution < 1.29 is 4.42 Å². The quantitative estimate of drug-likeness (QED) is 0.135. The number of para-hydroxylation sites is 1. The largest absolute Gasteiger partial charge is 0.455 e. The summed E-state index contributed by atoms with van der Waals surface area (Å²) in [7, 11) is 0. The van der Waals surface area contributed by atoms with Gasteiger partial charge in [0.05, 0.1) is 5.69 Å². The number of thiophene rings is 1. The second-order valence-corrected chi connectivity index (χ2v) is 17.8. The van der Waals surface area contributed by atoms with Crippen LogP contribution in [0, 0.1) is 0 Å². The second-order valence-electron chi connectivity index (χ2n) is 16.8. The van der Waals surface area contributed by atoms with Crippen LogP contribution in [-0.2, 0) is 0 Å². The number of anilines is 2. The van der Waals surface area contributed by atoms with Crippen LogP contribution in [0.4, 0.5) is 11.4 Å². The molecule has 0 amide bonds. The number of hydrogen-bond acceptors (Lipinski definition) is 3. The van der Waals surface area contributed by atoms with E-state index in [4.69, 9.17) is 4.42 Å². The lowest BCUT2D eigenvalue weighted by molar-refractivity contribution is 0.672. The van der Waals surface area contributed by atoms with Gasteiger partial charge in [0.15, 0.2) is 0 Å². The third-order valence-electron chi connectivity index (χ3n) is 13.0. The van der Waals surface area contributed by atoms with Crippen LogP contribution in [0.3, 0.4) is 0 Å². The summed E-state index contributed by atoms with van der Waals surface area (Å²) in [5, 5.41) is 7.23. The number of nitrogens with zero attached hydrogens (tertiary/aromatic N) is 1. The van der Waals surface area contributed by atoms with Crippen molar-refractivity contribution in [3.63, 3.8) is 0 Å². The highest BCUT2D eigenvalue weighted by Crippen LogP contribution is 2.45. The van der Waals surface area contributed by atoms with E-state index in [9.17, 15) is 0 Å². The van der Waals surface area contributed by atoms with Gasteiger partial charge in [-0.25, -0.2) is 0 Å². The Kier molecular flexibility index (Phi) is 9.69. The standard InChI is InChI=1S/C62H43NOS/c1-2-14-50(42-15-4-3-5-16-42)46-19-12-18-45(39-46)41-27-33-48(34-28-41)63(49-35-29-44(30-36-49)53-23-13-24-56-54-22-9-11-26-60(54)65-62(53)56)58-25-10-8-20-51(58)47-32-38-59-57(40-47)55-37-31-43-17-6-7-21-52(43)61(55)64-59/h2-29,31-40,44H,1,30H2/b50-14+. The van der Waals surface area contributed by atoms with Gasteiger partial charge in [-0.15, -0.1) is 11.3 Å². The van der Waals surface area contributed by atoms with Gasteiger partial charge in [-0.1, -0.05) is 183 Å². The van der Waals surface area contributed by atoms with E-state index < -0.39 is 0 Å². The molecule has 1 atom stereocenters. The van der Waals surface area contributed by atoms with Crippen molar-refractivity contribution in [2.24, 2.45) is 0 Å². The van der Waals surface area contributed by atoms with Crippen molar-refractivity contribution in [2.45, 2.75) is 12.3 Å². The van der Waals surface area contributed by atoms with E-state index in [0.717, 1.165) is 84.2 Å². The van der Waals surface area contributed by atoms with Crippen molar-refractivity contribution in [3.8, 4) is 22.3 Å². The van der Waals surface area contributed by atoms with Crippen LogP contribution in [0.25, 0.3) is 80.7 Å². The molecule has 0 spiro atoms. The van der Waals surface area contributed by atoms with Crippen molar-refractivity contribution >= 4 is 81.2 Å². The van der Waals surface area contributed by atoms with Crippen LogP contribution in [0.5, 0.6) is 0 Å². The number of fused-ring (bicyclic) bond motifs is 8. The predicted octanol–water partition coefficient (Wildman–Crippen LogP) is 17.8. The summed E-state index contributed by atoms with van der Waals surface area (Å²) in [4.78, 5) is 2.44. The first-order valence-corrected chi connectivity index (χ1v) is 23.1. The van der Waals surface area contributed by atoms with E-state index in [1.165, 1.54) is 36.7 Å². The van der Waals surface area contributed by atoms with E-state index in [-0.39, 0.29) is 5.92 Å². The van der Waals surface area contributed by atoms with E-state index >= 15 is 0 Å². The van der Waals surface area contributed by atoms with Gasteiger partial charge in [-0.2, -0.15) is 0 Å². The molecule has 0 bridgehead atoms. The summed E-state index contributed by atoms with van der Waals surface area (Å²) in [5.74, 6) is 0.269. The van der Waals surface area contributed by atoms with Crippen LogP contribution in [0.1, 0.15) is 29.0 Å². The Morgan fingerprint density at radius 1 is 0.585 bits per heavy atom. The minimum absolute atomic E-state index is 0.269. The number of rotatable bonds is 9. The molecule has 2 aromatic heterocycles. The lowest BCUT2D eigenvalue weighted by Crippen LogP contribution is -2.18. The molecule has 308 valence electrons. The fourth-order valence-electron chi connectivity index (χ4n) is 9.84. The van der Waals surface area contributed by atoms with Crippen LogP contribution in [0.2, 0.25) is 0 Å². The zero-order chi connectivity index (χ0) is 43.3. The molecule has 11 aromatic rings. The molecule has 2 nitrogen and oxygen atoms in total. The molecule has 3 heteroatoms. The molecule has 12 rings (SSSR count). The van der Waals surface area contributed by atoms with E-state index in [1.807, 2.05) is 17.4 Å². The summed E-state index contributed by atoms with van der Waals surface area (Å²) in [6, 6.07) is 72.3. The van der Waals surface area contributed by atoms with E-state index in [2.05, 4.69) is 236 Å². The van der Waals surface area contributed by atoms with Crippen LogP contribution < -0.4 is 4.90 Å². The zero-order valence-corrected chi connectivity index (χ0v) is 36.5. The van der Waals surface area contributed by atoms with Crippen molar-refractivity contribution in [1.29, 1.82) is 0 Å². The fourth-order valence-corrected chi connectivity index (χ4v) is 11.1. The molecule has 0 radical (unpaired) electrons. The molecular formula is C62H43NOS. The van der Waals surface area contributed by atoms with Gasteiger partial charge in [0.25, 0.3) is 0 Å². The Morgan fingerprint density at radius 2 is 1.34 bits per heavy atom. The van der Waals surface area contributed by atoms with Gasteiger partial charge >= 0.3 is 0 Å². The fraction of sp³-hybridized carbons (Fsp3) is 0.0323. The molecular weight excluding hydrogens is 807 g/mol. The zero-order valence-electron chi connectivity index (χ0n) is 35.7. The van der Waals surface area contributed by atoms with Gasteiger partial charge in [-0.05, 0) is 105 Å². The highest BCUT2D eigenvalue weighted by atomic mass is 32.1. The van der Waals surface area contributed by atoms with Crippen molar-refractivity contribution in [3.05, 3.63) is 260 Å². The van der Waals surface area contributed by atoms with Gasteiger partial charge in [0.1, 0.15) is 11.2 Å². The number of hydrogen-bond donors (Lipinski definition) is 0. The first kappa shape index (κ1) is 38.7. The van der Waals surface area contributed by atoms with E-state index in [0.29, 0.717) is 0 Å². The molecule has 0 saturated carbocycles. The minimum atomic E-state index is 0.269. The number of allylic oxidation sites excluding steroid dienone is 5. The summed E-state index contributed by atoms with van der Waals surface area (Å²) < 4.78 is 9.28. The highest BCUT2D eigenvalue weighted by Gasteiger charge is 2.23. The molecule has 1 unspecified atom stereocenters. The third kappa shape index (κ3) is 6.89. The van der Waals surface area contributed by atoms with Crippen molar-refractivity contribution in [2.75, 3.05) is 4.90 Å². The number of benzene rings is 9. The summed E-state index contributed by atoms with van der Waals surface area (Å²) in [6.07, 6.45) is 12.0. The Labute approximate surface area is 382 Å². The molecule has 1 aliphatic rings. The van der Waals surface area contributed by atoms with Gasteiger partial charge in [-0.3, -0.25) is 0 Å². The number of furan rings is 1. The molecule has 2 heterocycles. The van der Waals surface area contributed by atoms with Crippen LogP contribution in [-0.4, -0.2) is 0 Å². The molecule has 0 aliphatic heterocycles.